The summed E-state index contributed by atoms with van der Waals surface area (Å²) in [6, 6.07) is -0.0945. The number of nitrogens with one attached hydrogen (secondary N) is 1. The predicted octanol–water partition coefficient (Wildman–Crippen LogP) is 1.49. The molecule has 1 aliphatic rings. The van der Waals surface area contributed by atoms with E-state index < -0.39 is 15.8 Å². The number of hydrogen-bond donors (Lipinski definition) is 2. The molecule has 0 spiro atoms. The lowest BCUT2D eigenvalue weighted by atomic mass is 9.78. The summed E-state index contributed by atoms with van der Waals surface area (Å²) in [7, 11) is -1.95. The number of hydrogen-bond acceptors (Lipinski definition) is 3. The van der Waals surface area contributed by atoms with Crippen molar-refractivity contribution in [2.45, 2.75) is 64.5 Å². The molecule has 2 N–H and O–H groups in total. The van der Waals surface area contributed by atoms with Crippen molar-refractivity contribution in [3.63, 3.8) is 0 Å². The molecule has 1 fully saturated rings. The summed E-state index contributed by atoms with van der Waals surface area (Å²) < 4.78 is 27.8. The van der Waals surface area contributed by atoms with Crippen LogP contribution in [0.15, 0.2) is 0 Å². The standard InChI is InChI=1S/C13H28N2O3S/c1-5-12-6-8-13(16,9-7-12)10-14-19(17,18)15(4)11(2)3/h11-12,14,16H,5-10H2,1-4H3. The van der Waals surface area contributed by atoms with Gasteiger partial charge in [-0.25, -0.2) is 0 Å². The molecule has 0 amide bonds. The Labute approximate surface area is 117 Å². The van der Waals surface area contributed by atoms with Gasteiger partial charge < -0.3 is 5.11 Å². The van der Waals surface area contributed by atoms with E-state index in [9.17, 15) is 13.5 Å². The van der Waals surface area contributed by atoms with Gasteiger partial charge in [0.25, 0.3) is 10.2 Å². The molecule has 0 unspecified atom stereocenters. The molecule has 0 radical (unpaired) electrons. The first kappa shape index (κ1) is 16.9. The fraction of sp³-hybridized carbons (Fsp3) is 1.00. The van der Waals surface area contributed by atoms with Gasteiger partial charge in [-0.2, -0.15) is 17.4 Å². The van der Waals surface area contributed by atoms with Gasteiger partial charge in [-0.1, -0.05) is 13.3 Å². The molecule has 19 heavy (non-hydrogen) atoms. The second-order valence-corrected chi connectivity index (χ2v) is 7.83. The normalized spacial score (nSPS) is 29.1. The average molecular weight is 292 g/mol. The summed E-state index contributed by atoms with van der Waals surface area (Å²) in [5.74, 6) is 0.676. The molecule has 1 rings (SSSR count). The Balaban J connectivity index is 2.52. The van der Waals surface area contributed by atoms with Gasteiger partial charge in [0.15, 0.2) is 0 Å². The summed E-state index contributed by atoms with van der Waals surface area (Å²) in [5, 5.41) is 10.4. The van der Waals surface area contributed by atoms with Crippen molar-refractivity contribution < 1.29 is 13.5 Å². The molecule has 0 bridgehead atoms. The third-order valence-corrected chi connectivity index (χ3v) is 5.99. The van der Waals surface area contributed by atoms with E-state index in [0.29, 0.717) is 18.8 Å². The van der Waals surface area contributed by atoms with E-state index in [0.717, 1.165) is 19.3 Å². The zero-order valence-corrected chi connectivity index (χ0v) is 13.3. The highest BCUT2D eigenvalue weighted by Crippen LogP contribution is 2.33. The summed E-state index contributed by atoms with van der Waals surface area (Å²) in [4.78, 5) is 0. The number of aliphatic hydroxyl groups is 1. The average Bonchev–Trinajstić information content (AvgIpc) is 2.37. The zero-order valence-electron chi connectivity index (χ0n) is 12.5. The SMILES string of the molecule is CCC1CCC(O)(CNS(=O)(=O)N(C)C(C)C)CC1. The Morgan fingerprint density at radius 2 is 1.89 bits per heavy atom. The van der Waals surface area contributed by atoms with E-state index >= 15 is 0 Å². The van der Waals surface area contributed by atoms with Crippen molar-refractivity contribution in [2.24, 2.45) is 5.92 Å². The first-order valence-corrected chi connectivity index (χ1v) is 8.59. The molecular weight excluding hydrogens is 264 g/mol. The van der Waals surface area contributed by atoms with Gasteiger partial charge in [0, 0.05) is 19.6 Å². The highest BCUT2D eigenvalue weighted by atomic mass is 32.2. The van der Waals surface area contributed by atoms with E-state index in [1.165, 1.54) is 4.31 Å². The lowest BCUT2D eigenvalue weighted by Gasteiger charge is -2.36. The third kappa shape index (κ3) is 4.70. The van der Waals surface area contributed by atoms with E-state index in [2.05, 4.69) is 11.6 Å². The lowest BCUT2D eigenvalue weighted by molar-refractivity contribution is -0.00471. The van der Waals surface area contributed by atoms with Gasteiger partial charge in [0.1, 0.15) is 0 Å². The van der Waals surface area contributed by atoms with Crippen molar-refractivity contribution in [1.82, 2.24) is 9.03 Å². The van der Waals surface area contributed by atoms with Crippen LogP contribution in [-0.4, -0.2) is 43.1 Å². The highest BCUT2D eigenvalue weighted by Gasteiger charge is 2.34. The molecule has 0 aliphatic heterocycles. The minimum absolute atomic E-state index is 0.0945. The second kappa shape index (κ2) is 6.52. The Bertz CT molecular complexity index is 373. The maximum Gasteiger partial charge on any atom is 0.279 e. The van der Waals surface area contributed by atoms with Gasteiger partial charge in [-0.3, -0.25) is 0 Å². The zero-order chi connectivity index (χ0) is 14.7. The maximum absolute atomic E-state index is 12.0. The first-order valence-electron chi connectivity index (χ1n) is 7.15. The van der Waals surface area contributed by atoms with Crippen LogP contribution in [0, 0.1) is 5.92 Å². The fourth-order valence-corrected chi connectivity index (χ4v) is 3.61. The smallest absolute Gasteiger partial charge is 0.279 e. The van der Waals surface area contributed by atoms with Crippen molar-refractivity contribution in [2.75, 3.05) is 13.6 Å². The molecular formula is C13H28N2O3S. The highest BCUT2D eigenvalue weighted by molar-refractivity contribution is 7.87. The molecule has 0 saturated heterocycles. The van der Waals surface area contributed by atoms with Crippen LogP contribution < -0.4 is 4.72 Å². The summed E-state index contributed by atoms with van der Waals surface area (Å²) in [6.07, 6.45) is 4.46. The van der Waals surface area contributed by atoms with Gasteiger partial charge in [0.2, 0.25) is 0 Å². The summed E-state index contributed by atoms with van der Waals surface area (Å²) in [5.41, 5.74) is -0.878. The van der Waals surface area contributed by atoms with E-state index in [4.69, 9.17) is 0 Å². The van der Waals surface area contributed by atoms with Crippen molar-refractivity contribution in [3.05, 3.63) is 0 Å². The lowest BCUT2D eigenvalue weighted by Crippen LogP contribution is -2.49. The molecule has 0 aromatic rings. The van der Waals surface area contributed by atoms with Crippen molar-refractivity contribution >= 4 is 10.2 Å². The van der Waals surface area contributed by atoms with E-state index in [1.54, 1.807) is 7.05 Å². The second-order valence-electron chi connectivity index (χ2n) is 6.01. The van der Waals surface area contributed by atoms with Gasteiger partial charge in [0.05, 0.1) is 5.60 Å². The topological polar surface area (TPSA) is 69.6 Å². The van der Waals surface area contributed by atoms with Crippen LogP contribution in [0.2, 0.25) is 0 Å². The molecule has 0 heterocycles. The Morgan fingerprint density at radius 3 is 2.32 bits per heavy atom. The van der Waals surface area contributed by atoms with Crippen molar-refractivity contribution in [1.29, 1.82) is 0 Å². The monoisotopic (exact) mass is 292 g/mol. The van der Waals surface area contributed by atoms with Crippen LogP contribution in [-0.2, 0) is 10.2 Å². The quantitative estimate of drug-likeness (QED) is 0.779. The Kier molecular flexibility index (Phi) is 5.79. The molecule has 1 saturated carbocycles. The molecule has 0 aromatic heterocycles. The van der Waals surface area contributed by atoms with Crippen LogP contribution >= 0.6 is 0 Å². The largest absolute Gasteiger partial charge is 0.389 e. The molecule has 1 aliphatic carbocycles. The molecule has 6 heteroatoms. The number of nitrogens with zero attached hydrogens (tertiary/aromatic N) is 1. The van der Waals surface area contributed by atoms with Crippen LogP contribution in [0.3, 0.4) is 0 Å². The Hall–Kier alpha value is -0.170. The molecule has 0 aromatic carbocycles. The van der Waals surface area contributed by atoms with Gasteiger partial charge in [-0.05, 0) is 45.4 Å². The molecule has 0 atom stereocenters. The Morgan fingerprint density at radius 1 is 1.37 bits per heavy atom. The van der Waals surface area contributed by atoms with Crippen LogP contribution in [0.4, 0.5) is 0 Å². The van der Waals surface area contributed by atoms with Crippen LogP contribution in [0.5, 0.6) is 0 Å². The van der Waals surface area contributed by atoms with Crippen LogP contribution in [0.25, 0.3) is 0 Å². The van der Waals surface area contributed by atoms with E-state index in [1.807, 2.05) is 13.8 Å². The van der Waals surface area contributed by atoms with Crippen LogP contribution in [0.1, 0.15) is 52.9 Å². The number of rotatable bonds is 6. The summed E-state index contributed by atoms with van der Waals surface area (Å²) in [6.45, 7) is 5.92. The third-order valence-electron chi connectivity index (χ3n) is 4.30. The van der Waals surface area contributed by atoms with Gasteiger partial charge >= 0.3 is 0 Å². The minimum atomic E-state index is -3.49. The molecule has 114 valence electrons. The predicted molar refractivity (Wildman–Crippen MR) is 77.0 cm³/mol. The molecule has 5 nitrogen and oxygen atoms in total. The summed E-state index contributed by atoms with van der Waals surface area (Å²) >= 11 is 0. The fourth-order valence-electron chi connectivity index (χ4n) is 2.40. The first-order chi connectivity index (χ1) is 8.70. The van der Waals surface area contributed by atoms with E-state index in [-0.39, 0.29) is 12.6 Å². The minimum Gasteiger partial charge on any atom is -0.389 e. The van der Waals surface area contributed by atoms with Gasteiger partial charge in [-0.15, -0.1) is 0 Å². The maximum atomic E-state index is 12.0. The van der Waals surface area contributed by atoms with Crippen molar-refractivity contribution in [3.8, 4) is 0 Å².